The van der Waals surface area contributed by atoms with Gasteiger partial charge in [0.15, 0.2) is 11.5 Å². The van der Waals surface area contributed by atoms with Crippen molar-refractivity contribution in [3.05, 3.63) is 23.8 Å². The molecule has 0 spiro atoms. The van der Waals surface area contributed by atoms with Crippen molar-refractivity contribution >= 4 is 11.9 Å². The second-order valence-corrected chi connectivity index (χ2v) is 4.91. The minimum absolute atomic E-state index is 0.00422. The number of carboxylic acids is 1. The number of carbonyl (C=O) groups is 2. The van der Waals surface area contributed by atoms with Gasteiger partial charge in [-0.15, -0.1) is 0 Å². The van der Waals surface area contributed by atoms with Crippen LogP contribution in [0.4, 0.5) is 0 Å². The molecule has 0 aliphatic heterocycles. The Labute approximate surface area is 122 Å². The Morgan fingerprint density at radius 3 is 2.48 bits per heavy atom. The van der Waals surface area contributed by atoms with Crippen LogP contribution >= 0.6 is 0 Å². The lowest BCUT2D eigenvalue weighted by Gasteiger charge is -2.17. The van der Waals surface area contributed by atoms with E-state index in [-0.39, 0.29) is 29.7 Å². The van der Waals surface area contributed by atoms with Crippen molar-refractivity contribution in [1.82, 2.24) is 5.32 Å². The van der Waals surface area contributed by atoms with Crippen molar-refractivity contribution in [3.8, 4) is 11.5 Å². The number of phenolic OH excluding ortho intramolecular Hbond substituents is 2. The highest BCUT2D eigenvalue weighted by atomic mass is 16.4. The number of amides is 1. The smallest absolute Gasteiger partial charge is 0.326 e. The van der Waals surface area contributed by atoms with Gasteiger partial charge in [-0.1, -0.05) is 13.0 Å². The molecule has 21 heavy (non-hydrogen) atoms. The van der Waals surface area contributed by atoms with E-state index < -0.39 is 12.0 Å². The van der Waals surface area contributed by atoms with Gasteiger partial charge in [-0.3, -0.25) is 4.79 Å². The van der Waals surface area contributed by atoms with Crippen LogP contribution in [0.5, 0.6) is 11.5 Å². The number of carbonyl (C=O) groups excluding carboxylic acids is 1. The van der Waals surface area contributed by atoms with Crippen LogP contribution in [0.2, 0.25) is 0 Å². The molecule has 0 aliphatic carbocycles. The standard InChI is InChI=1S/C14H20N2O5/c1-8(4-5-15)13(19)16-10(14(20)21)6-9-2-3-11(17)12(18)7-9/h2-3,7-8,10,17-18H,4-6,15H2,1H3,(H,16,19)(H,20,21). The van der Waals surface area contributed by atoms with E-state index in [2.05, 4.69) is 5.32 Å². The van der Waals surface area contributed by atoms with Gasteiger partial charge in [-0.05, 0) is 30.7 Å². The van der Waals surface area contributed by atoms with Crippen LogP contribution in [-0.2, 0) is 16.0 Å². The number of aromatic hydroxyl groups is 2. The molecule has 1 amide bonds. The molecule has 0 aliphatic rings. The van der Waals surface area contributed by atoms with Crippen LogP contribution in [0, 0.1) is 5.92 Å². The average molecular weight is 296 g/mol. The van der Waals surface area contributed by atoms with E-state index in [0.29, 0.717) is 18.5 Å². The van der Waals surface area contributed by atoms with Crippen LogP contribution < -0.4 is 11.1 Å². The minimum atomic E-state index is -1.17. The van der Waals surface area contributed by atoms with Crippen LogP contribution in [0.25, 0.3) is 0 Å². The summed E-state index contributed by atoms with van der Waals surface area (Å²) in [5.41, 5.74) is 5.85. The van der Waals surface area contributed by atoms with Gasteiger partial charge in [0.05, 0.1) is 0 Å². The number of carboxylic acid groups (broad SMARTS) is 1. The topological polar surface area (TPSA) is 133 Å². The van der Waals surface area contributed by atoms with E-state index >= 15 is 0 Å². The first-order valence-electron chi connectivity index (χ1n) is 6.59. The molecule has 2 unspecified atom stereocenters. The van der Waals surface area contributed by atoms with Crippen molar-refractivity contribution < 1.29 is 24.9 Å². The van der Waals surface area contributed by atoms with Gasteiger partial charge < -0.3 is 26.4 Å². The molecule has 116 valence electrons. The summed E-state index contributed by atoms with van der Waals surface area (Å²) in [5, 5.41) is 30.2. The fourth-order valence-electron chi connectivity index (χ4n) is 1.83. The van der Waals surface area contributed by atoms with Crippen molar-refractivity contribution in [3.63, 3.8) is 0 Å². The van der Waals surface area contributed by atoms with Crippen molar-refractivity contribution in [2.24, 2.45) is 11.7 Å². The number of aliphatic carboxylic acids is 1. The monoisotopic (exact) mass is 296 g/mol. The van der Waals surface area contributed by atoms with Crippen molar-refractivity contribution in [2.45, 2.75) is 25.8 Å². The van der Waals surface area contributed by atoms with Crippen LogP contribution in [0.15, 0.2) is 18.2 Å². The maximum Gasteiger partial charge on any atom is 0.326 e. The first-order valence-corrected chi connectivity index (χ1v) is 6.59. The molecule has 0 saturated heterocycles. The van der Waals surface area contributed by atoms with Gasteiger partial charge in [-0.25, -0.2) is 4.79 Å². The predicted octanol–water partition coefficient (Wildman–Crippen LogP) is 0.195. The summed E-state index contributed by atoms with van der Waals surface area (Å²) < 4.78 is 0. The highest BCUT2D eigenvalue weighted by Crippen LogP contribution is 2.25. The molecular formula is C14H20N2O5. The zero-order chi connectivity index (χ0) is 16.0. The second kappa shape index (κ2) is 7.49. The van der Waals surface area contributed by atoms with E-state index in [1.54, 1.807) is 6.92 Å². The summed E-state index contributed by atoms with van der Waals surface area (Å²) in [4.78, 5) is 23.1. The van der Waals surface area contributed by atoms with Gasteiger partial charge in [0.2, 0.25) is 5.91 Å². The fourth-order valence-corrected chi connectivity index (χ4v) is 1.83. The van der Waals surface area contributed by atoms with E-state index in [4.69, 9.17) is 10.8 Å². The summed E-state index contributed by atoms with van der Waals surface area (Å²) in [6, 6.07) is 2.91. The lowest BCUT2D eigenvalue weighted by Crippen LogP contribution is -2.44. The molecule has 7 nitrogen and oxygen atoms in total. The summed E-state index contributed by atoms with van der Waals surface area (Å²) >= 11 is 0. The third kappa shape index (κ3) is 4.96. The highest BCUT2D eigenvalue weighted by Gasteiger charge is 2.23. The molecule has 1 rings (SSSR count). The number of phenols is 2. The van der Waals surface area contributed by atoms with Gasteiger partial charge in [0.25, 0.3) is 0 Å². The average Bonchev–Trinajstić information content (AvgIpc) is 2.42. The zero-order valence-electron chi connectivity index (χ0n) is 11.7. The number of rotatable bonds is 7. The number of hydrogen-bond acceptors (Lipinski definition) is 5. The molecule has 1 aromatic rings. The normalized spacial score (nSPS) is 13.4. The quantitative estimate of drug-likeness (QED) is 0.456. The largest absolute Gasteiger partial charge is 0.504 e. The Bertz CT molecular complexity index is 518. The molecule has 0 aromatic heterocycles. The molecule has 1 aromatic carbocycles. The van der Waals surface area contributed by atoms with Gasteiger partial charge in [0.1, 0.15) is 6.04 Å². The Kier molecular flexibility index (Phi) is 5.98. The van der Waals surface area contributed by atoms with E-state index in [0.717, 1.165) is 0 Å². The van der Waals surface area contributed by atoms with Crippen LogP contribution in [-0.4, -0.2) is 39.8 Å². The first kappa shape index (κ1) is 16.8. The molecule has 6 N–H and O–H groups in total. The number of hydrogen-bond donors (Lipinski definition) is 5. The minimum Gasteiger partial charge on any atom is -0.504 e. The van der Waals surface area contributed by atoms with Crippen molar-refractivity contribution in [1.29, 1.82) is 0 Å². The number of nitrogens with two attached hydrogens (primary N) is 1. The lowest BCUT2D eigenvalue weighted by atomic mass is 10.0. The first-order chi connectivity index (χ1) is 9.85. The summed E-state index contributed by atoms with van der Waals surface area (Å²) in [6.45, 7) is 2.02. The van der Waals surface area contributed by atoms with Gasteiger partial charge >= 0.3 is 5.97 Å². The Morgan fingerprint density at radius 1 is 1.29 bits per heavy atom. The molecular weight excluding hydrogens is 276 g/mol. The predicted molar refractivity (Wildman–Crippen MR) is 75.9 cm³/mol. The lowest BCUT2D eigenvalue weighted by molar-refractivity contribution is -0.142. The number of nitrogens with one attached hydrogen (secondary N) is 1. The molecule has 7 heteroatoms. The van der Waals surface area contributed by atoms with Gasteiger partial charge in [-0.2, -0.15) is 0 Å². The summed E-state index contributed by atoms with van der Waals surface area (Å²) in [5.74, 6) is -2.54. The molecule has 0 bridgehead atoms. The fraction of sp³-hybridized carbons (Fsp3) is 0.429. The van der Waals surface area contributed by atoms with E-state index in [1.165, 1.54) is 18.2 Å². The summed E-state index contributed by atoms with van der Waals surface area (Å²) in [7, 11) is 0. The molecule has 0 saturated carbocycles. The third-order valence-corrected chi connectivity index (χ3v) is 3.14. The van der Waals surface area contributed by atoms with E-state index in [9.17, 15) is 19.8 Å². The van der Waals surface area contributed by atoms with Crippen LogP contribution in [0.3, 0.4) is 0 Å². The Morgan fingerprint density at radius 2 is 1.95 bits per heavy atom. The van der Waals surface area contributed by atoms with Crippen LogP contribution in [0.1, 0.15) is 18.9 Å². The highest BCUT2D eigenvalue weighted by molar-refractivity contribution is 5.85. The molecule has 2 atom stereocenters. The Balaban J connectivity index is 2.76. The molecule has 0 heterocycles. The SMILES string of the molecule is CC(CCN)C(=O)NC(Cc1ccc(O)c(O)c1)C(=O)O. The third-order valence-electron chi connectivity index (χ3n) is 3.14. The maximum absolute atomic E-state index is 11.8. The molecule has 0 radical (unpaired) electrons. The molecule has 0 fully saturated rings. The van der Waals surface area contributed by atoms with E-state index in [1.807, 2.05) is 0 Å². The zero-order valence-corrected chi connectivity index (χ0v) is 11.7. The maximum atomic E-state index is 11.8. The van der Waals surface area contributed by atoms with Crippen molar-refractivity contribution in [2.75, 3.05) is 6.54 Å². The number of benzene rings is 1. The Hall–Kier alpha value is -2.28. The van der Waals surface area contributed by atoms with Gasteiger partial charge in [0, 0.05) is 12.3 Å². The second-order valence-electron chi connectivity index (χ2n) is 4.91. The summed E-state index contributed by atoms with van der Waals surface area (Å²) in [6.07, 6.45) is 0.475.